The molecule has 1 aliphatic carbocycles. The van der Waals surface area contributed by atoms with Gasteiger partial charge >= 0.3 is 0 Å². The zero-order valence-corrected chi connectivity index (χ0v) is 14.8. The maximum absolute atomic E-state index is 13.4. The molecule has 0 amide bonds. The monoisotopic (exact) mass is 351 g/mol. The van der Waals surface area contributed by atoms with Gasteiger partial charge in [0.15, 0.2) is 0 Å². The molecule has 3 rings (SSSR count). The van der Waals surface area contributed by atoms with Gasteiger partial charge in [-0.25, -0.2) is 18.4 Å². The van der Waals surface area contributed by atoms with E-state index < -0.39 is 11.5 Å². The molecule has 6 nitrogen and oxygen atoms in total. The molecule has 1 fully saturated rings. The van der Waals surface area contributed by atoms with Crippen LogP contribution < -0.4 is 5.32 Å². The number of halogens is 2. The molecule has 25 heavy (non-hydrogen) atoms. The molecule has 1 saturated carbocycles. The fourth-order valence-corrected chi connectivity index (χ4v) is 3.03. The van der Waals surface area contributed by atoms with Crippen LogP contribution in [-0.4, -0.2) is 36.8 Å². The molecule has 2 N–H and O–H groups in total. The second-order valence-electron chi connectivity index (χ2n) is 7.28. The quantitative estimate of drug-likeness (QED) is 0.885. The molecule has 0 bridgehead atoms. The van der Waals surface area contributed by atoms with Crippen molar-refractivity contribution in [3.05, 3.63) is 29.2 Å². The summed E-state index contributed by atoms with van der Waals surface area (Å²) < 4.78 is 28.5. The maximum atomic E-state index is 13.4. The van der Waals surface area contributed by atoms with Crippen LogP contribution in [0, 0.1) is 13.8 Å². The molecule has 1 aliphatic rings. The van der Waals surface area contributed by atoms with Crippen molar-refractivity contribution in [1.82, 2.24) is 19.7 Å². The fourth-order valence-electron chi connectivity index (χ4n) is 3.03. The first kappa shape index (κ1) is 17.7. The number of hydrogen-bond acceptors (Lipinski definition) is 5. The topological polar surface area (TPSA) is 75.9 Å². The predicted octanol–water partition coefficient (Wildman–Crippen LogP) is 3.11. The van der Waals surface area contributed by atoms with Crippen molar-refractivity contribution in [2.45, 2.75) is 64.5 Å². The van der Waals surface area contributed by atoms with E-state index in [-0.39, 0.29) is 18.9 Å². The average molecular weight is 351 g/mol. The van der Waals surface area contributed by atoms with Crippen LogP contribution in [0.4, 0.5) is 14.6 Å². The van der Waals surface area contributed by atoms with E-state index in [1.807, 2.05) is 19.9 Å². The van der Waals surface area contributed by atoms with Crippen LogP contribution in [0.1, 0.15) is 50.2 Å². The SMILES string of the molecule is Cc1cc(C)n(-c2nc(NC3CCC(F)(F)C3)cc(C(C)(C)O)n2)n1. The second-order valence-corrected chi connectivity index (χ2v) is 7.28. The van der Waals surface area contributed by atoms with Crippen molar-refractivity contribution in [3.63, 3.8) is 0 Å². The molecule has 2 heterocycles. The Morgan fingerprint density at radius 3 is 2.52 bits per heavy atom. The van der Waals surface area contributed by atoms with Crippen molar-refractivity contribution in [2.24, 2.45) is 0 Å². The van der Waals surface area contributed by atoms with Crippen molar-refractivity contribution >= 4 is 5.82 Å². The number of rotatable bonds is 4. The van der Waals surface area contributed by atoms with Gasteiger partial charge in [-0.1, -0.05) is 0 Å². The molecule has 1 atom stereocenters. The summed E-state index contributed by atoms with van der Waals surface area (Å²) in [6, 6.07) is 3.14. The summed E-state index contributed by atoms with van der Waals surface area (Å²) in [5, 5.41) is 17.8. The molecule has 0 spiro atoms. The van der Waals surface area contributed by atoms with E-state index in [0.717, 1.165) is 11.4 Å². The first-order valence-corrected chi connectivity index (χ1v) is 8.33. The van der Waals surface area contributed by atoms with Crippen LogP contribution in [0.25, 0.3) is 5.95 Å². The number of alkyl halides is 2. The predicted molar refractivity (Wildman–Crippen MR) is 90.1 cm³/mol. The highest BCUT2D eigenvalue weighted by molar-refractivity contribution is 5.42. The number of nitrogens with zero attached hydrogens (tertiary/aromatic N) is 4. The van der Waals surface area contributed by atoms with Crippen LogP contribution in [0.2, 0.25) is 0 Å². The summed E-state index contributed by atoms with van der Waals surface area (Å²) in [7, 11) is 0. The van der Waals surface area contributed by atoms with Gasteiger partial charge < -0.3 is 10.4 Å². The molecular weight excluding hydrogens is 328 g/mol. The highest BCUT2D eigenvalue weighted by atomic mass is 19.3. The third kappa shape index (κ3) is 3.95. The van der Waals surface area contributed by atoms with E-state index in [1.54, 1.807) is 24.6 Å². The first-order valence-electron chi connectivity index (χ1n) is 8.33. The van der Waals surface area contributed by atoms with E-state index in [4.69, 9.17) is 0 Å². The van der Waals surface area contributed by atoms with Gasteiger partial charge in [-0.2, -0.15) is 10.1 Å². The van der Waals surface area contributed by atoms with Crippen LogP contribution >= 0.6 is 0 Å². The number of aliphatic hydroxyl groups is 1. The number of nitrogens with one attached hydrogen (secondary N) is 1. The highest BCUT2D eigenvalue weighted by Crippen LogP contribution is 2.36. The van der Waals surface area contributed by atoms with Gasteiger partial charge in [-0.05, 0) is 40.2 Å². The lowest BCUT2D eigenvalue weighted by Gasteiger charge is -2.20. The lowest BCUT2D eigenvalue weighted by molar-refractivity contribution is 0.00850. The van der Waals surface area contributed by atoms with Gasteiger partial charge in [0.2, 0.25) is 5.92 Å². The number of hydrogen-bond donors (Lipinski definition) is 2. The third-order valence-electron chi connectivity index (χ3n) is 4.30. The summed E-state index contributed by atoms with van der Waals surface area (Å²) in [6.45, 7) is 6.98. The Labute approximate surface area is 145 Å². The lowest BCUT2D eigenvalue weighted by atomic mass is 10.1. The van der Waals surface area contributed by atoms with Crippen molar-refractivity contribution in [1.29, 1.82) is 0 Å². The van der Waals surface area contributed by atoms with E-state index in [0.29, 0.717) is 23.9 Å². The molecular formula is C17H23F2N5O. The molecule has 8 heteroatoms. The third-order valence-corrected chi connectivity index (χ3v) is 4.30. The Bertz CT molecular complexity index is 782. The van der Waals surface area contributed by atoms with E-state index >= 15 is 0 Å². The van der Waals surface area contributed by atoms with Gasteiger partial charge in [-0.15, -0.1) is 0 Å². The Morgan fingerprint density at radius 1 is 1.28 bits per heavy atom. The Kier molecular flexibility index (Phi) is 4.26. The van der Waals surface area contributed by atoms with E-state index in [2.05, 4.69) is 20.4 Å². The van der Waals surface area contributed by atoms with Gasteiger partial charge in [0, 0.05) is 30.6 Å². The van der Waals surface area contributed by atoms with Crippen LogP contribution in [0.5, 0.6) is 0 Å². The minimum atomic E-state index is -2.64. The minimum Gasteiger partial charge on any atom is -0.384 e. The van der Waals surface area contributed by atoms with Crippen LogP contribution in [0.15, 0.2) is 12.1 Å². The molecule has 2 aromatic heterocycles. The minimum absolute atomic E-state index is 0.127. The maximum Gasteiger partial charge on any atom is 0.253 e. The van der Waals surface area contributed by atoms with Crippen molar-refractivity contribution < 1.29 is 13.9 Å². The average Bonchev–Trinajstić information content (AvgIpc) is 2.99. The summed E-state index contributed by atoms with van der Waals surface area (Å²) in [6.07, 6.45) is 0.0343. The standard InChI is InChI=1S/C17H23F2N5O/c1-10-7-11(2)24(23-10)15-21-13(16(3,4)25)8-14(22-15)20-12-5-6-17(18,19)9-12/h7-8,12,25H,5-6,9H2,1-4H3,(H,20,21,22). The van der Waals surface area contributed by atoms with E-state index in [9.17, 15) is 13.9 Å². The summed E-state index contributed by atoms with van der Waals surface area (Å²) in [4.78, 5) is 8.83. The van der Waals surface area contributed by atoms with E-state index in [1.165, 1.54) is 0 Å². The Morgan fingerprint density at radius 2 is 2.00 bits per heavy atom. The second kappa shape index (κ2) is 6.01. The van der Waals surface area contributed by atoms with Crippen molar-refractivity contribution in [2.75, 3.05) is 5.32 Å². The largest absolute Gasteiger partial charge is 0.384 e. The number of anilines is 1. The number of aromatic nitrogens is 4. The lowest BCUT2D eigenvalue weighted by Crippen LogP contribution is -2.23. The molecule has 0 aliphatic heterocycles. The highest BCUT2D eigenvalue weighted by Gasteiger charge is 2.39. The summed E-state index contributed by atoms with van der Waals surface area (Å²) in [5.41, 5.74) is 0.880. The van der Waals surface area contributed by atoms with Gasteiger partial charge in [0.05, 0.1) is 11.4 Å². The van der Waals surface area contributed by atoms with Crippen LogP contribution in [-0.2, 0) is 5.60 Å². The molecule has 136 valence electrons. The normalized spacial score (nSPS) is 20.0. The molecule has 0 saturated heterocycles. The zero-order valence-electron chi connectivity index (χ0n) is 14.8. The van der Waals surface area contributed by atoms with Crippen molar-refractivity contribution in [3.8, 4) is 5.95 Å². The smallest absolute Gasteiger partial charge is 0.253 e. The molecule has 0 aromatic carbocycles. The van der Waals surface area contributed by atoms with Crippen LogP contribution in [0.3, 0.4) is 0 Å². The van der Waals surface area contributed by atoms with Gasteiger partial charge in [-0.3, -0.25) is 0 Å². The van der Waals surface area contributed by atoms with Gasteiger partial charge in [0.25, 0.3) is 5.95 Å². The first-order chi connectivity index (χ1) is 11.5. The summed E-state index contributed by atoms with van der Waals surface area (Å²) >= 11 is 0. The Hall–Kier alpha value is -2.09. The Balaban J connectivity index is 1.98. The number of aryl methyl sites for hydroxylation is 2. The fraction of sp³-hybridized carbons (Fsp3) is 0.588. The molecule has 0 radical (unpaired) electrons. The zero-order chi connectivity index (χ0) is 18.4. The molecule has 2 aromatic rings. The van der Waals surface area contributed by atoms with Gasteiger partial charge in [0.1, 0.15) is 11.4 Å². The summed E-state index contributed by atoms with van der Waals surface area (Å²) in [5.74, 6) is -1.92. The molecule has 1 unspecified atom stereocenters.